The summed E-state index contributed by atoms with van der Waals surface area (Å²) in [5, 5.41) is 0. The predicted molar refractivity (Wildman–Crippen MR) is 238 cm³/mol. The summed E-state index contributed by atoms with van der Waals surface area (Å²) < 4.78 is 0. The summed E-state index contributed by atoms with van der Waals surface area (Å²) in [4.78, 5) is 11.2. The molecule has 0 saturated carbocycles. The van der Waals surface area contributed by atoms with Crippen LogP contribution in [0.2, 0.25) is 0 Å². The van der Waals surface area contributed by atoms with Crippen molar-refractivity contribution in [3.8, 4) is 51.5 Å². The topological polar surface area (TPSA) is 0 Å². The Labute approximate surface area is 331 Å². The first-order valence-electron chi connectivity index (χ1n) is 20.3. The molecule has 0 fully saturated rings. The number of rotatable bonds is 23. The molecule has 52 heavy (non-hydrogen) atoms. The van der Waals surface area contributed by atoms with Crippen molar-refractivity contribution in [2.45, 2.75) is 129 Å². The standard InChI is InChI=1S/C48H58S4/c1-3-5-7-9-11-13-15-17-19-41-29-31-43(49-41)37-21-25-39(26-22-37)45-33-35-47(51-45)48-36-34-46(52-48)40-27-23-38(24-28-40)44-32-30-42(50-44)20-18-16-14-12-10-8-6-4-2/h21-36H,3-20H2,1-2H3. The van der Waals surface area contributed by atoms with Crippen LogP contribution in [0.3, 0.4) is 0 Å². The SMILES string of the molecule is CCCCCCCCCCc1ccc(-c2ccc(-c3ccc(-c4ccc(-c5ccc(-c6ccc(CCCCCCCCCC)s6)cc5)s4)s3)cc2)s1. The summed E-state index contributed by atoms with van der Waals surface area (Å²) >= 11 is 7.75. The second-order valence-electron chi connectivity index (χ2n) is 14.5. The van der Waals surface area contributed by atoms with Crippen molar-refractivity contribution in [1.29, 1.82) is 0 Å². The lowest BCUT2D eigenvalue weighted by molar-refractivity contribution is 0.576. The summed E-state index contributed by atoms with van der Waals surface area (Å²) in [6, 6.07) is 37.0. The number of aryl methyl sites for hydroxylation is 2. The van der Waals surface area contributed by atoms with E-state index in [0.717, 1.165) is 0 Å². The van der Waals surface area contributed by atoms with Crippen LogP contribution in [0.4, 0.5) is 0 Å². The van der Waals surface area contributed by atoms with Gasteiger partial charge < -0.3 is 0 Å². The van der Waals surface area contributed by atoms with Crippen LogP contribution in [0.15, 0.2) is 97.1 Å². The van der Waals surface area contributed by atoms with Crippen LogP contribution in [-0.2, 0) is 12.8 Å². The normalized spacial score (nSPS) is 11.5. The van der Waals surface area contributed by atoms with Crippen molar-refractivity contribution < 1.29 is 0 Å². The molecular weight excluding hydrogens is 705 g/mol. The molecule has 4 heteroatoms. The first-order chi connectivity index (χ1) is 25.7. The average molecular weight is 763 g/mol. The van der Waals surface area contributed by atoms with Crippen LogP contribution >= 0.6 is 45.3 Å². The molecule has 0 bridgehead atoms. The molecular formula is C48H58S4. The fraction of sp³-hybridized carbons (Fsp3) is 0.417. The minimum Gasteiger partial charge on any atom is -0.140 e. The largest absolute Gasteiger partial charge is 0.140 e. The zero-order valence-electron chi connectivity index (χ0n) is 31.6. The third-order valence-electron chi connectivity index (χ3n) is 10.2. The lowest BCUT2D eigenvalue weighted by atomic mass is 10.1. The molecule has 274 valence electrons. The highest BCUT2D eigenvalue weighted by molar-refractivity contribution is 7.25. The molecule has 0 spiro atoms. The smallest absolute Gasteiger partial charge is 0.0449 e. The van der Waals surface area contributed by atoms with Gasteiger partial charge in [-0.2, -0.15) is 0 Å². The molecule has 2 aromatic carbocycles. The van der Waals surface area contributed by atoms with Crippen LogP contribution in [0.25, 0.3) is 51.5 Å². The van der Waals surface area contributed by atoms with Gasteiger partial charge in [-0.25, -0.2) is 0 Å². The lowest BCUT2D eigenvalue weighted by Crippen LogP contribution is -1.83. The molecule has 0 amide bonds. The van der Waals surface area contributed by atoms with E-state index in [1.54, 1.807) is 0 Å². The van der Waals surface area contributed by atoms with Gasteiger partial charge in [0, 0.05) is 39.0 Å². The quantitative estimate of drug-likeness (QED) is 0.0570. The molecule has 0 atom stereocenters. The van der Waals surface area contributed by atoms with E-state index in [1.165, 1.54) is 177 Å². The molecule has 6 aromatic rings. The van der Waals surface area contributed by atoms with Crippen molar-refractivity contribution in [2.75, 3.05) is 0 Å². The molecule has 0 aliphatic carbocycles. The Morgan fingerprint density at radius 3 is 0.885 bits per heavy atom. The zero-order chi connectivity index (χ0) is 35.8. The maximum atomic E-state index is 2.35. The molecule has 0 saturated heterocycles. The molecule has 4 aromatic heterocycles. The van der Waals surface area contributed by atoms with Gasteiger partial charge in [0.1, 0.15) is 0 Å². The molecule has 0 unspecified atom stereocenters. The summed E-state index contributed by atoms with van der Waals surface area (Å²) in [5.74, 6) is 0. The van der Waals surface area contributed by atoms with Gasteiger partial charge >= 0.3 is 0 Å². The van der Waals surface area contributed by atoms with Gasteiger partial charge in [0.2, 0.25) is 0 Å². The third-order valence-corrected chi connectivity index (χ3v) is 15.1. The van der Waals surface area contributed by atoms with Crippen LogP contribution in [0.1, 0.15) is 126 Å². The van der Waals surface area contributed by atoms with Crippen LogP contribution < -0.4 is 0 Å². The Kier molecular flexibility index (Phi) is 15.9. The van der Waals surface area contributed by atoms with Crippen molar-refractivity contribution in [3.63, 3.8) is 0 Å². The third kappa shape index (κ3) is 11.6. The predicted octanol–water partition coefficient (Wildman–Crippen LogP) is 17.6. The van der Waals surface area contributed by atoms with E-state index in [9.17, 15) is 0 Å². The summed E-state index contributed by atoms with van der Waals surface area (Å²) in [7, 11) is 0. The summed E-state index contributed by atoms with van der Waals surface area (Å²) in [6.45, 7) is 4.59. The van der Waals surface area contributed by atoms with Gasteiger partial charge in [-0.15, -0.1) is 45.3 Å². The second kappa shape index (κ2) is 21.2. The maximum Gasteiger partial charge on any atom is 0.0449 e. The second-order valence-corrected chi connectivity index (χ2v) is 19.0. The lowest BCUT2D eigenvalue weighted by Gasteiger charge is -2.02. The Bertz CT molecular complexity index is 1720. The van der Waals surface area contributed by atoms with E-state index in [1.807, 2.05) is 45.3 Å². The Hall–Kier alpha value is -2.76. The van der Waals surface area contributed by atoms with Crippen molar-refractivity contribution >= 4 is 45.3 Å². The summed E-state index contributed by atoms with van der Waals surface area (Å²) in [6.07, 6.45) is 24.6. The molecule has 0 aliphatic rings. The number of hydrogen-bond acceptors (Lipinski definition) is 4. The van der Waals surface area contributed by atoms with Crippen molar-refractivity contribution in [3.05, 3.63) is 107 Å². The van der Waals surface area contributed by atoms with Gasteiger partial charge in [0.25, 0.3) is 0 Å². The fourth-order valence-electron chi connectivity index (χ4n) is 7.05. The van der Waals surface area contributed by atoms with Gasteiger partial charge in [-0.05, 0) is 96.5 Å². The first kappa shape index (κ1) is 38.9. The van der Waals surface area contributed by atoms with Crippen LogP contribution in [0.5, 0.6) is 0 Å². The fourth-order valence-corrected chi connectivity index (χ4v) is 11.3. The number of hydrogen-bond donors (Lipinski definition) is 0. The maximum absolute atomic E-state index is 2.35. The van der Waals surface area contributed by atoms with Crippen LogP contribution in [0, 0.1) is 0 Å². The minimum absolute atomic E-state index is 1.22. The highest BCUT2D eigenvalue weighted by Gasteiger charge is 2.11. The van der Waals surface area contributed by atoms with Crippen LogP contribution in [-0.4, -0.2) is 0 Å². The molecule has 4 heterocycles. The zero-order valence-corrected chi connectivity index (χ0v) is 34.9. The van der Waals surface area contributed by atoms with Gasteiger partial charge in [0.05, 0.1) is 0 Å². The van der Waals surface area contributed by atoms with E-state index < -0.39 is 0 Å². The minimum atomic E-state index is 1.22. The highest BCUT2D eigenvalue weighted by Crippen LogP contribution is 2.41. The molecule has 6 rings (SSSR count). The molecule has 0 nitrogen and oxygen atoms in total. The number of thiophene rings is 4. The van der Waals surface area contributed by atoms with Gasteiger partial charge in [-0.3, -0.25) is 0 Å². The molecule has 0 aliphatic heterocycles. The van der Waals surface area contributed by atoms with Gasteiger partial charge in [-0.1, -0.05) is 152 Å². The van der Waals surface area contributed by atoms with Crippen molar-refractivity contribution in [2.24, 2.45) is 0 Å². The highest BCUT2D eigenvalue weighted by atomic mass is 32.1. The van der Waals surface area contributed by atoms with Crippen molar-refractivity contribution in [1.82, 2.24) is 0 Å². The number of benzene rings is 2. The Balaban J connectivity index is 0.969. The van der Waals surface area contributed by atoms with E-state index in [4.69, 9.17) is 0 Å². The first-order valence-corrected chi connectivity index (χ1v) is 23.6. The van der Waals surface area contributed by atoms with E-state index >= 15 is 0 Å². The summed E-state index contributed by atoms with van der Waals surface area (Å²) in [5.41, 5.74) is 5.27. The number of unbranched alkanes of at least 4 members (excludes halogenated alkanes) is 14. The Morgan fingerprint density at radius 1 is 0.269 bits per heavy atom. The molecule has 0 N–H and O–H groups in total. The van der Waals surface area contributed by atoms with Gasteiger partial charge in [0.15, 0.2) is 0 Å². The average Bonchev–Trinajstić information content (AvgIpc) is 4.02. The molecule has 0 radical (unpaired) electrons. The van der Waals surface area contributed by atoms with E-state index in [0.29, 0.717) is 0 Å². The monoisotopic (exact) mass is 762 g/mol. The van der Waals surface area contributed by atoms with E-state index in [-0.39, 0.29) is 0 Å². The van der Waals surface area contributed by atoms with E-state index in [2.05, 4.69) is 111 Å². The Morgan fingerprint density at radius 2 is 0.538 bits per heavy atom.